The SMILES string of the molecule is CCOc1ccc(C(C)=O)cc1CN1CCN(C)C1=O. The van der Waals surface area contributed by atoms with Crippen LogP contribution in [0.25, 0.3) is 0 Å². The molecular formula is C15H20N2O3. The van der Waals surface area contributed by atoms with Crippen LogP contribution in [0.15, 0.2) is 18.2 Å². The minimum absolute atomic E-state index is 0.0131. The third kappa shape index (κ3) is 2.92. The van der Waals surface area contributed by atoms with E-state index in [-0.39, 0.29) is 11.8 Å². The number of Topliss-reactive ketones (excluding diaryl/α,β-unsaturated/α-hetero) is 1. The Hall–Kier alpha value is -2.04. The van der Waals surface area contributed by atoms with Gasteiger partial charge in [-0.1, -0.05) is 0 Å². The highest BCUT2D eigenvalue weighted by molar-refractivity contribution is 5.94. The van der Waals surface area contributed by atoms with Gasteiger partial charge in [0.05, 0.1) is 13.2 Å². The van der Waals surface area contributed by atoms with E-state index in [0.717, 1.165) is 17.9 Å². The molecule has 0 atom stereocenters. The summed E-state index contributed by atoms with van der Waals surface area (Å²) in [5.74, 6) is 0.749. The summed E-state index contributed by atoms with van der Waals surface area (Å²) in [6.07, 6.45) is 0. The summed E-state index contributed by atoms with van der Waals surface area (Å²) >= 11 is 0. The highest BCUT2D eigenvalue weighted by Gasteiger charge is 2.26. The number of urea groups is 1. The molecule has 0 aliphatic carbocycles. The largest absolute Gasteiger partial charge is 0.494 e. The lowest BCUT2D eigenvalue weighted by Gasteiger charge is -2.18. The first-order chi connectivity index (χ1) is 9.52. The van der Waals surface area contributed by atoms with E-state index in [9.17, 15) is 9.59 Å². The first-order valence-corrected chi connectivity index (χ1v) is 6.79. The maximum Gasteiger partial charge on any atom is 0.320 e. The Balaban J connectivity index is 2.25. The average molecular weight is 276 g/mol. The van der Waals surface area contributed by atoms with E-state index in [1.54, 1.807) is 29.0 Å². The van der Waals surface area contributed by atoms with Gasteiger partial charge in [0.2, 0.25) is 0 Å². The van der Waals surface area contributed by atoms with E-state index < -0.39 is 0 Å². The average Bonchev–Trinajstić information content (AvgIpc) is 2.73. The molecule has 0 radical (unpaired) electrons. The molecule has 0 N–H and O–H groups in total. The molecule has 5 nitrogen and oxygen atoms in total. The fourth-order valence-electron chi connectivity index (χ4n) is 2.27. The molecule has 2 amide bonds. The molecule has 5 heteroatoms. The molecule has 0 spiro atoms. The Kier molecular flexibility index (Phi) is 4.27. The van der Waals surface area contributed by atoms with Gasteiger partial charge in [-0.2, -0.15) is 0 Å². The molecule has 0 aromatic heterocycles. The van der Waals surface area contributed by atoms with E-state index in [1.807, 2.05) is 13.0 Å². The van der Waals surface area contributed by atoms with E-state index in [1.165, 1.54) is 6.92 Å². The van der Waals surface area contributed by atoms with Gasteiger partial charge in [-0.15, -0.1) is 0 Å². The fraction of sp³-hybridized carbons (Fsp3) is 0.467. The van der Waals surface area contributed by atoms with Gasteiger partial charge in [0.15, 0.2) is 5.78 Å². The van der Waals surface area contributed by atoms with Crippen molar-refractivity contribution in [3.05, 3.63) is 29.3 Å². The zero-order chi connectivity index (χ0) is 14.7. The van der Waals surface area contributed by atoms with Crippen molar-refractivity contribution in [1.82, 2.24) is 9.80 Å². The number of nitrogens with zero attached hydrogens (tertiary/aromatic N) is 2. The van der Waals surface area contributed by atoms with Crippen LogP contribution in [0.5, 0.6) is 5.75 Å². The van der Waals surface area contributed by atoms with Crippen LogP contribution in [0.2, 0.25) is 0 Å². The number of likely N-dealkylation sites (N-methyl/N-ethyl adjacent to an activating group) is 1. The maximum atomic E-state index is 11.9. The number of hydrogen-bond acceptors (Lipinski definition) is 3. The van der Waals surface area contributed by atoms with Crippen LogP contribution in [0.4, 0.5) is 4.79 Å². The van der Waals surface area contributed by atoms with Crippen LogP contribution in [0.1, 0.15) is 29.8 Å². The first kappa shape index (κ1) is 14.4. The van der Waals surface area contributed by atoms with Crippen LogP contribution in [-0.4, -0.2) is 48.4 Å². The van der Waals surface area contributed by atoms with Crippen LogP contribution in [0.3, 0.4) is 0 Å². The van der Waals surface area contributed by atoms with Crippen molar-refractivity contribution in [1.29, 1.82) is 0 Å². The van der Waals surface area contributed by atoms with E-state index in [0.29, 0.717) is 25.3 Å². The molecule has 1 aliphatic heterocycles. The lowest BCUT2D eigenvalue weighted by Crippen LogP contribution is -2.29. The smallest absolute Gasteiger partial charge is 0.320 e. The zero-order valence-corrected chi connectivity index (χ0v) is 12.2. The predicted molar refractivity (Wildman–Crippen MR) is 76.1 cm³/mol. The Bertz CT molecular complexity index is 528. The van der Waals surface area contributed by atoms with Crippen LogP contribution in [-0.2, 0) is 6.54 Å². The number of ether oxygens (including phenoxy) is 1. The molecule has 1 fully saturated rings. The summed E-state index contributed by atoms with van der Waals surface area (Å²) in [5.41, 5.74) is 1.52. The molecule has 0 bridgehead atoms. The Labute approximate surface area is 119 Å². The van der Waals surface area contributed by atoms with Crippen molar-refractivity contribution in [3.63, 3.8) is 0 Å². The third-order valence-electron chi connectivity index (χ3n) is 3.43. The number of ketones is 1. The zero-order valence-electron chi connectivity index (χ0n) is 12.2. The van der Waals surface area contributed by atoms with Gasteiger partial charge in [-0.25, -0.2) is 4.79 Å². The third-order valence-corrected chi connectivity index (χ3v) is 3.43. The predicted octanol–water partition coefficient (Wildman–Crippen LogP) is 2.16. The molecule has 0 unspecified atom stereocenters. The molecule has 1 aliphatic rings. The van der Waals surface area contributed by atoms with Gasteiger partial charge in [-0.3, -0.25) is 4.79 Å². The second-order valence-electron chi connectivity index (χ2n) is 4.94. The van der Waals surface area contributed by atoms with Gasteiger partial charge in [0, 0.05) is 31.3 Å². The number of carbonyl (C=O) groups excluding carboxylic acids is 2. The van der Waals surface area contributed by atoms with Crippen molar-refractivity contribution in [3.8, 4) is 5.75 Å². The van der Waals surface area contributed by atoms with Gasteiger partial charge < -0.3 is 14.5 Å². The maximum absolute atomic E-state index is 11.9. The molecule has 1 aromatic rings. The van der Waals surface area contributed by atoms with Gasteiger partial charge in [-0.05, 0) is 32.0 Å². The number of benzene rings is 1. The Morgan fingerprint density at radius 2 is 2.10 bits per heavy atom. The van der Waals surface area contributed by atoms with Crippen molar-refractivity contribution in [2.75, 3.05) is 26.7 Å². The highest BCUT2D eigenvalue weighted by Crippen LogP contribution is 2.24. The molecule has 108 valence electrons. The molecular weight excluding hydrogens is 256 g/mol. The van der Waals surface area contributed by atoms with Gasteiger partial charge >= 0.3 is 6.03 Å². The van der Waals surface area contributed by atoms with Crippen LogP contribution >= 0.6 is 0 Å². The quantitative estimate of drug-likeness (QED) is 0.774. The Morgan fingerprint density at radius 1 is 1.35 bits per heavy atom. The summed E-state index contributed by atoms with van der Waals surface area (Å²) < 4.78 is 5.58. The molecule has 0 saturated carbocycles. The lowest BCUT2D eigenvalue weighted by atomic mass is 10.1. The number of carbonyl (C=O) groups is 2. The summed E-state index contributed by atoms with van der Waals surface area (Å²) in [7, 11) is 1.79. The summed E-state index contributed by atoms with van der Waals surface area (Å²) in [6, 6.07) is 5.40. The molecule has 1 saturated heterocycles. The Morgan fingerprint density at radius 3 is 2.65 bits per heavy atom. The minimum atomic E-state index is 0.0131. The van der Waals surface area contributed by atoms with Crippen molar-refractivity contribution >= 4 is 11.8 Å². The highest BCUT2D eigenvalue weighted by atomic mass is 16.5. The van der Waals surface area contributed by atoms with Crippen molar-refractivity contribution in [2.45, 2.75) is 20.4 Å². The summed E-state index contributed by atoms with van der Waals surface area (Å²) in [5, 5.41) is 0. The normalized spacial score (nSPS) is 14.8. The lowest BCUT2D eigenvalue weighted by molar-refractivity contribution is 0.101. The number of hydrogen-bond donors (Lipinski definition) is 0. The molecule has 1 aromatic carbocycles. The summed E-state index contributed by atoms with van der Waals surface area (Å²) in [6.45, 7) is 5.91. The topological polar surface area (TPSA) is 49.9 Å². The van der Waals surface area contributed by atoms with Gasteiger partial charge in [0.1, 0.15) is 5.75 Å². The number of rotatable bonds is 5. The monoisotopic (exact) mass is 276 g/mol. The standard InChI is InChI=1S/C15H20N2O3/c1-4-20-14-6-5-12(11(2)18)9-13(14)10-17-8-7-16(3)15(17)19/h5-6,9H,4,7-8,10H2,1-3H3. The van der Waals surface area contributed by atoms with Crippen LogP contribution in [0, 0.1) is 0 Å². The van der Waals surface area contributed by atoms with Crippen molar-refractivity contribution in [2.24, 2.45) is 0 Å². The second kappa shape index (κ2) is 5.94. The molecule has 1 heterocycles. The summed E-state index contributed by atoms with van der Waals surface area (Å²) in [4.78, 5) is 26.9. The van der Waals surface area contributed by atoms with Crippen LogP contribution < -0.4 is 4.74 Å². The molecule has 2 rings (SSSR count). The number of amides is 2. The van der Waals surface area contributed by atoms with E-state index >= 15 is 0 Å². The van der Waals surface area contributed by atoms with E-state index in [2.05, 4.69) is 0 Å². The van der Waals surface area contributed by atoms with Gasteiger partial charge in [0.25, 0.3) is 0 Å². The fourth-order valence-corrected chi connectivity index (χ4v) is 2.27. The van der Waals surface area contributed by atoms with Crippen molar-refractivity contribution < 1.29 is 14.3 Å². The second-order valence-corrected chi connectivity index (χ2v) is 4.94. The first-order valence-electron chi connectivity index (χ1n) is 6.79. The minimum Gasteiger partial charge on any atom is -0.494 e. The van der Waals surface area contributed by atoms with E-state index in [4.69, 9.17) is 4.74 Å². The molecule has 20 heavy (non-hydrogen) atoms.